The van der Waals surface area contributed by atoms with Crippen molar-refractivity contribution in [2.45, 2.75) is 0 Å². The fourth-order valence-corrected chi connectivity index (χ4v) is 3.32. The minimum Gasteiger partial charge on any atom is -0.497 e. The fourth-order valence-electron chi connectivity index (χ4n) is 3.07. The van der Waals surface area contributed by atoms with Gasteiger partial charge in [-0.2, -0.15) is 0 Å². The summed E-state index contributed by atoms with van der Waals surface area (Å²) in [7, 11) is 5.36. The lowest BCUT2D eigenvalue weighted by Crippen LogP contribution is -2.20. The zero-order valence-corrected chi connectivity index (χ0v) is 19.0. The van der Waals surface area contributed by atoms with E-state index < -0.39 is 5.82 Å². The molecule has 0 saturated heterocycles. The first kappa shape index (κ1) is 23.5. The summed E-state index contributed by atoms with van der Waals surface area (Å²) in [5.74, 6) is 0.108. The summed E-state index contributed by atoms with van der Waals surface area (Å²) in [6.45, 7) is 1.13. The van der Waals surface area contributed by atoms with Crippen LogP contribution in [0.15, 0.2) is 66.7 Å². The number of ether oxygens (including phenoxy) is 2. The number of allylic oxidation sites excluding steroid dienone is 1. The molecule has 0 spiro atoms. The minimum absolute atomic E-state index is 0.288. The summed E-state index contributed by atoms with van der Waals surface area (Å²) in [4.78, 5) is 15.1. The van der Waals surface area contributed by atoms with Crippen molar-refractivity contribution < 1.29 is 18.7 Å². The first-order valence-corrected chi connectivity index (χ1v) is 10.5. The van der Waals surface area contributed by atoms with E-state index in [0.29, 0.717) is 35.2 Å². The smallest absolute Gasteiger partial charge is 0.189 e. The third kappa shape index (κ3) is 5.96. The van der Waals surface area contributed by atoms with Crippen LogP contribution in [-0.2, 0) is 0 Å². The highest BCUT2D eigenvalue weighted by atomic mass is 35.5. The second-order valence-electron chi connectivity index (χ2n) is 7.43. The van der Waals surface area contributed by atoms with Crippen molar-refractivity contribution in [2.75, 3.05) is 34.4 Å². The van der Waals surface area contributed by atoms with E-state index >= 15 is 0 Å². The van der Waals surface area contributed by atoms with E-state index in [2.05, 4.69) is 0 Å². The average molecular weight is 454 g/mol. The maximum Gasteiger partial charge on any atom is 0.189 e. The molecule has 0 aromatic heterocycles. The van der Waals surface area contributed by atoms with Gasteiger partial charge in [0.25, 0.3) is 0 Å². The topological polar surface area (TPSA) is 38.8 Å². The van der Waals surface area contributed by atoms with Crippen LogP contribution < -0.4 is 9.47 Å². The van der Waals surface area contributed by atoms with E-state index in [9.17, 15) is 9.18 Å². The highest BCUT2D eigenvalue weighted by molar-refractivity contribution is 6.33. The van der Waals surface area contributed by atoms with Crippen LogP contribution in [0.5, 0.6) is 11.5 Å². The molecular formula is C26H25ClFNO3. The first-order chi connectivity index (χ1) is 15.4. The second kappa shape index (κ2) is 10.9. The Kier molecular flexibility index (Phi) is 8.03. The van der Waals surface area contributed by atoms with Gasteiger partial charge in [0.15, 0.2) is 5.78 Å². The molecule has 0 amide bonds. The predicted octanol–water partition coefficient (Wildman–Crippen LogP) is 5.99. The quantitative estimate of drug-likeness (QED) is 0.294. The van der Waals surface area contributed by atoms with Crippen LogP contribution in [0.2, 0.25) is 5.02 Å². The minimum atomic E-state index is -0.472. The van der Waals surface area contributed by atoms with Crippen molar-refractivity contribution in [3.63, 3.8) is 0 Å². The number of nitrogens with zero attached hydrogens (tertiary/aromatic N) is 1. The van der Waals surface area contributed by atoms with Gasteiger partial charge in [-0.1, -0.05) is 35.9 Å². The molecular weight excluding hydrogens is 429 g/mol. The SMILES string of the molecule is COc1ccc(C=CC(=O)c2cc(-c3ccccc3Cl)ccc2OCCN(C)C)c(F)c1. The zero-order valence-electron chi connectivity index (χ0n) is 18.3. The van der Waals surface area contributed by atoms with E-state index in [0.717, 1.165) is 11.1 Å². The van der Waals surface area contributed by atoms with Gasteiger partial charge >= 0.3 is 0 Å². The number of carbonyl (C=O) groups excluding carboxylic acids is 1. The van der Waals surface area contributed by atoms with E-state index in [-0.39, 0.29) is 11.3 Å². The van der Waals surface area contributed by atoms with E-state index in [1.54, 1.807) is 30.3 Å². The molecule has 0 aliphatic carbocycles. The number of halogens is 2. The number of ketones is 1. The molecule has 0 bridgehead atoms. The van der Waals surface area contributed by atoms with Gasteiger partial charge in [-0.25, -0.2) is 4.39 Å². The summed E-state index contributed by atoms with van der Waals surface area (Å²) in [6.07, 6.45) is 2.79. The fraction of sp³-hybridized carbons (Fsp3) is 0.192. The predicted molar refractivity (Wildman–Crippen MR) is 127 cm³/mol. The average Bonchev–Trinajstić information content (AvgIpc) is 2.78. The molecule has 166 valence electrons. The maximum absolute atomic E-state index is 14.3. The van der Waals surface area contributed by atoms with Gasteiger partial charge in [-0.15, -0.1) is 0 Å². The number of likely N-dealkylation sites (N-methyl/N-ethyl adjacent to an activating group) is 1. The molecule has 32 heavy (non-hydrogen) atoms. The van der Waals surface area contributed by atoms with Crippen molar-refractivity contribution in [3.8, 4) is 22.6 Å². The molecule has 6 heteroatoms. The van der Waals surface area contributed by atoms with E-state index in [1.807, 2.05) is 43.3 Å². The Morgan fingerprint density at radius 1 is 1.09 bits per heavy atom. The normalized spacial score (nSPS) is 11.2. The Bertz CT molecular complexity index is 1130. The third-order valence-electron chi connectivity index (χ3n) is 4.85. The molecule has 0 heterocycles. The molecule has 0 unspecified atom stereocenters. The summed E-state index contributed by atoms with van der Waals surface area (Å²) in [6, 6.07) is 17.3. The van der Waals surface area contributed by atoms with E-state index in [1.165, 1.54) is 25.3 Å². The van der Waals surface area contributed by atoms with Gasteiger partial charge in [0.05, 0.1) is 12.7 Å². The Hall–Kier alpha value is -3.15. The number of benzene rings is 3. The molecule has 3 aromatic carbocycles. The molecule has 3 rings (SSSR count). The Morgan fingerprint density at radius 2 is 1.88 bits per heavy atom. The summed E-state index contributed by atoms with van der Waals surface area (Å²) in [5.41, 5.74) is 2.28. The molecule has 0 saturated carbocycles. The van der Waals surface area contributed by atoms with Crippen molar-refractivity contribution >= 4 is 23.5 Å². The van der Waals surface area contributed by atoms with Gasteiger partial charge in [-0.05, 0) is 62.1 Å². The van der Waals surface area contributed by atoms with Gasteiger partial charge in [-0.3, -0.25) is 4.79 Å². The number of hydrogen-bond donors (Lipinski definition) is 0. The number of hydrogen-bond acceptors (Lipinski definition) is 4. The molecule has 0 fully saturated rings. The van der Waals surface area contributed by atoms with Crippen LogP contribution >= 0.6 is 11.6 Å². The molecule has 0 aliphatic heterocycles. The zero-order chi connectivity index (χ0) is 23.1. The highest BCUT2D eigenvalue weighted by Crippen LogP contribution is 2.32. The van der Waals surface area contributed by atoms with Crippen LogP contribution in [0.3, 0.4) is 0 Å². The molecule has 0 atom stereocenters. The molecule has 4 nitrogen and oxygen atoms in total. The summed E-state index contributed by atoms with van der Waals surface area (Å²) < 4.78 is 25.1. The Balaban J connectivity index is 1.94. The van der Waals surface area contributed by atoms with Crippen molar-refractivity contribution in [2.24, 2.45) is 0 Å². The maximum atomic E-state index is 14.3. The molecule has 0 N–H and O–H groups in total. The summed E-state index contributed by atoms with van der Waals surface area (Å²) >= 11 is 6.34. The van der Waals surface area contributed by atoms with Gasteiger partial charge < -0.3 is 14.4 Å². The van der Waals surface area contributed by atoms with Gasteiger partial charge in [0, 0.05) is 28.8 Å². The number of carbonyl (C=O) groups is 1. The molecule has 3 aromatic rings. The second-order valence-corrected chi connectivity index (χ2v) is 7.83. The van der Waals surface area contributed by atoms with Crippen LogP contribution in [0.1, 0.15) is 15.9 Å². The number of methoxy groups -OCH3 is 1. The van der Waals surface area contributed by atoms with Gasteiger partial charge in [0.1, 0.15) is 23.9 Å². The lowest BCUT2D eigenvalue weighted by atomic mass is 9.99. The third-order valence-corrected chi connectivity index (χ3v) is 5.18. The van der Waals surface area contributed by atoms with Crippen molar-refractivity contribution in [3.05, 3.63) is 88.7 Å². The lowest BCUT2D eigenvalue weighted by molar-refractivity contribution is 0.104. The van der Waals surface area contributed by atoms with Crippen LogP contribution in [0, 0.1) is 5.82 Å². The van der Waals surface area contributed by atoms with Crippen LogP contribution in [0.25, 0.3) is 17.2 Å². The molecule has 0 radical (unpaired) electrons. The van der Waals surface area contributed by atoms with Gasteiger partial charge in [0.2, 0.25) is 0 Å². The Labute approximate surface area is 192 Å². The summed E-state index contributed by atoms with van der Waals surface area (Å²) in [5, 5.41) is 0.586. The lowest BCUT2D eigenvalue weighted by Gasteiger charge is -2.14. The first-order valence-electron chi connectivity index (χ1n) is 10.1. The highest BCUT2D eigenvalue weighted by Gasteiger charge is 2.14. The number of rotatable bonds is 9. The van der Waals surface area contributed by atoms with Crippen molar-refractivity contribution in [1.82, 2.24) is 4.90 Å². The van der Waals surface area contributed by atoms with Crippen LogP contribution in [-0.4, -0.2) is 45.0 Å². The Morgan fingerprint density at radius 3 is 2.56 bits per heavy atom. The van der Waals surface area contributed by atoms with E-state index in [4.69, 9.17) is 21.1 Å². The largest absolute Gasteiger partial charge is 0.497 e. The monoisotopic (exact) mass is 453 g/mol. The molecule has 0 aliphatic rings. The van der Waals surface area contributed by atoms with Crippen molar-refractivity contribution in [1.29, 1.82) is 0 Å². The van der Waals surface area contributed by atoms with Crippen LogP contribution in [0.4, 0.5) is 4.39 Å². The standard InChI is InChI=1S/C26H25ClFNO3/c1-29(2)14-15-32-26-13-10-19(21-6-4-5-7-23(21)27)16-22(26)25(30)12-9-18-8-11-20(31-3)17-24(18)28/h4-13,16-17H,14-15H2,1-3H3.